The number of aromatic carboxylic acids is 1. The molecule has 1 heterocycles. The van der Waals surface area contributed by atoms with Crippen LogP contribution in [-0.2, 0) is 0 Å². The molecule has 2 aromatic rings. The van der Waals surface area contributed by atoms with Crippen molar-refractivity contribution >= 4 is 5.97 Å². The normalized spacial score (nSPS) is 9.59. The number of carboxylic acids is 1. The molecule has 0 saturated heterocycles. The molecule has 0 radical (unpaired) electrons. The maximum Gasteiger partial charge on any atom is 0.355 e. The zero-order valence-electron chi connectivity index (χ0n) is 8.79. The van der Waals surface area contributed by atoms with E-state index in [4.69, 9.17) is 10.4 Å². The zero-order chi connectivity index (χ0) is 12.3. The summed E-state index contributed by atoms with van der Waals surface area (Å²) in [5, 5.41) is 18.0. The predicted molar refractivity (Wildman–Crippen MR) is 61.3 cm³/mol. The van der Waals surface area contributed by atoms with Gasteiger partial charge in [-0.1, -0.05) is 30.3 Å². The second-order valence-electron chi connectivity index (χ2n) is 3.37. The van der Waals surface area contributed by atoms with Crippen LogP contribution in [-0.4, -0.2) is 16.1 Å². The van der Waals surface area contributed by atoms with E-state index in [-0.39, 0.29) is 11.3 Å². The lowest BCUT2D eigenvalue weighted by Crippen LogP contribution is -2.04. The summed E-state index contributed by atoms with van der Waals surface area (Å²) in [7, 11) is 0. The predicted octanol–water partition coefficient (Wildman–Crippen LogP) is 2.32. The van der Waals surface area contributed by atoms with E-state index >= 15 is 0 Å². The van der Waals surface area contributed by atoms with E-state index in [1.54, 1.807) is 6.07 Å². The van der Waals surface area contributed by atoms with Gasteiger partial charge in [-0.25, -0.2) is 9.78 Å². The van der Waals surface area contributed by atoms with Crippen LogP contribution < -0.4 is 0 Å². The Bertz CT molecular complexity index is 601. The lowest BCUT2D eigenvalue weighted by Gasteiger charge is -2.05. The van der Waals surface area contributed by atoms with Gasteiger partial charge in [0.25, 0.3) is 0 Å². The molecule has 0 aliphatic heterocycles. The standard InChI is InChI=1S/C13H8N2O2/c14-8-11-10(9-4-2-1-3-5-9)6-7-15-12(11)13(16)17/h1-7H,(H,16,17). The van der Waals surface area contributed by atoms with E-state index in [1.807, 2.05) is 36.4 Å². The van der Waals surface area contributed by atoms with Gasteiger partial charge in [-0.3, -0.25) is 0 Å². The number of nitriles is 1. The van der Waals surface area contributed by atoms with Gasteiger partial charge in [-0.05, 0) is 11.6 Å². The molecule has 0 saturated carbocycles. The molecule has 1 aromatic heterocycles. The molecule has 82 valence electrons. The first kappa shape index (κ1) is 10.8. The topological polar surface area (TPSA) is 74.0 Å². The number of pyridine rings is 1. The summed E-state index contributed by atoms with van der Waals surface area (Å²) in [4.78, 5) is 14.7. The summed E-state index contributed by atoms with van der Waals surface area (Å²) in [5.41, 5.74) is 1.26. The third kappa shape index (κ3) is 1.99. The first-order valence-electron chi connectivity index (χ1n) is 4.92. The Kier molecular flexibility index (Phi) is 2.84. The molecule has 0 aliphatic carbocycles. The Hall–Kier alpha value is -2.67. The minimum atomic E-state index is -1.20. The van der Waals surface area contributed by atoms with Gasteiger partial charge in [0.05, 0.1) is 5.56 Å². The molecule has 0 spiro atoms. The highest BCUT2D eigenvalue weighted by atomic mass is 16.4. The molecule has 0 fully saturated rings. The van der Waals surface area contributed by atoms with E-state index in [0.29, 0.717) is 5.56 Å². The molecule has 2 rings (SSSR count). The highest BCUT2D eigenvalue weighted by Crippen LogP contribution is 2.24. The Labute approximate surface area is 97.8 Å². The number of carbonyl (C=O) groups is 1. The highest BCUT2D eigenvalue weighted by Gasteiger charge is 2.15. The number of carboxylic acid groups (broad SMARTS) is 1. The van der Waals surface area contributed by atoms with Gasteiger partial charge in [0.1, 0.15) is 6.07 Å². The van der Waals surface area contributed by atoms with Crippen molar-refractivity contribution in [3.05, 3.63) is 53.9 Å². The Morgan fingerprint density at radius 2 is 1.94 bits per heavy atom. The zero-order valence-corrected chi connectivity index (χ0v) is 8.79. The van der Waals surface area contributed by atoms with Crippen molar-refractivity contribution in [2.45, 2.75) is 0 Å². The molecule has 0 atom stereocenters. The van der Waals surface area contributed by atoms with E-state index in [1.165, 1.54) is 6.20 Å². The van der Waals surface area contributed by atoms with Crippen molar-refractivity contribution in [2.24, 2.45) is 0 Å². The first-order chi connectivity index (χ1) is 8.24. The largest absolute Gasteiger partial charge is 0.476 e. The first-order valence-corrected chi connectivity index (χ1v) is 4.92. The molecular weight excluding hydrogens is 216 g/mol. The van der Waals surface area contributed by atoms with Crippen molar-refractivity contribution in [2.75, 3.05) is 0 Å². The molecule has 0 bridgehead atoms. The smallest absolute Gasteiger partial charge is 0.355 e. The van der Waals surface area contributed by atoms with Gasteiger partial charge < -0.3 is 5.11 Å². The van der Waals surface area contributed by atoms with Gasteiger partial charge in [0, 0.05) is 11.8 Å². The summed E-state index contributed by atoms with van der Waals surface area (Å²) in [6.45, 7) is 0. The van der Waals surface area contributed by atoms with Crippen molar-refractivity contribution in [1.82, 2.24) is 4.98 Å². The van der Waals surface area contributed by atoms with Gasteiger partial charge in [-0.15, -0.1) is 0 Å². The average Bonchev–Trinajstić information content (AvgIpc) is 2.38. The second kappa shape index (κ2) is 4.45. The van der Waals surface area contributed by atoms with E-state index in [2.05, 4.69) is 4.98 Å². The Balaban J connectivity index is 2.68. The van der Waals surface area contributed by atoms with Crippen molar-refractivity contribution < 1.29 is 9.90 Å². The highest BCUT2D eigenvalue weighted by molar-refractivity contribution is 5.91. The summed E-state index contributed by atoms with van der Waals surface area (Å²) < 4.78 is 0. The van der Waals surface area contributed by atoms with Gasteiger partial charge in [0.2, 0.25) is 0 Å². The Morgan fingerprint density at radius 1 is 1.24 bits per heavy atom. The molecule has 0 aliphatic rings. The fourth-order valence-corrected chi connectivity index (χ4v) is 1.60. The van der Waals surface area contributed by atoms with Crippen LogP contribution in [0.15, 0.2) is 42.6 Å². The SMILES string of the molecule is N#Cc1c(-c2ccccc2)ccnc1C(=O)O. The fraction of sp³-hybridized carbons (Fsp3) is 0. The monoisotopic (exact) mass is 224 g/mol. The number of hydrogen-bond acceptors (Lipinski definition) is 3. The van der Waals surface area contributed by atoms with Crippen molar-refractivity contribution in [1.29, 1.82) is 5.26 Å². The molecule has 0 unspecified atom stereocenters. The molecule has 1 N–H and O–H groups in total. The van der Waals surface area contributed by atoms with Crippen LogP contribution in [0.3, 0.4) is 0 Å². The van der Waals surface area contributed by atoms with Crippen LogP contribution in [0.4, 0.5) is 0 Å². The van der Waals surface area contributed by atoms with E-state index in [9.17, 15) is 4.79 Å². The molecule has 0 amide bonds. The number of benzene rings is 1. The molecule has 4 heteroatoms. The van der Waals surface area contributed by atoms with E-state index < -0.39 is 5.97 Å². The van der Waals surface area contributed by atoms with Crippen LogP contribution in [0.5, 0.6) is 0 Å². The number of hydrogen-bond donors (Lipinski definition) is 1. The van der Waals surface area contributed by atoms with Crippen LogP contribution in [0.25, 0.3) is 11.1 Å². The van der Waals surface area contributed by atoms with Crippen molar-refractivity contribution in [3.8, 4) is 17.2 Å². The molecule has 17 heavy (non-hydrogen) atoms. The lowest BCUT2D eigenvalue weighted by molar-refractivity contribution is 0.0690. The van der Waals surface area contributed by atoms with Crippen molar-refractivity contribution in [3.63, 3.8) is 0 Å². The van der Waals surface area contributed by atoms with Crippen LogP contribution in [0.2, 0.25) is 0 Å². The average molecular weight is 224 g/mol. The quantitative estimate of drug-likeness (QED) is 0.849. The Morgan fingerprint density at radius 3 is 2.53 bits per heavy atom. The third-order valence-electron chi connectivity index (χ3n) is 2.35. The minimum absolute atomic E-state index is 0.0891. The number of rotatable bonds is 2. The summed E-state index contributed by atoms with van der Waals surface area (Å²) in [6.07, 6.45) is 1.40. The van der Waals surface area contributed by atoms with E-state index in [0.717, 1.165) is 5.56 Å². The fourth-order valence-electron chi connectivity index (χ4n) is 1.60. The van der Waals surface area contributed by atoms with Gasteiger partial charge in [-0.2, -0.15) is 5.26 Å². The lowest BCUT2D eigenvalue weighted by atomic mass is 10.00. The van der Waals surface area contributed by atoms with Crippen LogP contribution in [0.1, 0.15) is 16.1 Å². The molecule has 4 nitrogen and oxygen atoms in total. The molecular formula is C13H8N2O2. The summed E-state index contributed by atoms with van der Waals surface area (Å²) in [5.74, 6) is -1.20. The van der Waals surface area contributed by atoms with Crippen LogP contribution in [0, 0.1) is 11.3 Å². The number of nitrogens with zero attached hydrogens (tertiary/aromatic N) is 2. The summed E-state index contributed by atoms with van der Waals surface area (Å²) in [6, 6.07) is 12.7. The van der Waals surface area contributed by atoms with Gasteiger partial charge in [0.15, 0.2) is 5.69 Å². The maximum absolute atomic E-state index is 11.0. The summed E-state index contributed by atoms with van der Waals surface area (Å²) >= 11 is 0. The maximum atomic E-state index is 11.0. The van der Waals surface area contributed by atoms with Crippen LogP contribution >= 0.6 is 0 Å². The number of aromatic nitrogens is 1. The second-order valence-corrected chi connectivity index (χ2v) is 3.37. The minimum Gasteiger partial charge on any atom is -0.476 e. The van der Waals surface area contributed by atoms with Gasteiger partial charge >= 0.3 is 5.97 Å². The third-order valence-corrected chi connectivity index (χ3v) is 2.35. The molecule has 1 aromatic carbocycles.